The predicted molar refractivity (Wildman–Crippen MR) is 61.8 cm³/mol. The van der Waals surface area contributed by atoms with Crippen LogP contribution in [0.25, 0.3) is 0 Å². The SMILES string of the molecule is O=C(c1ccncn1)N1CCCC2(C1)OCCO2. The standard InChI is InChI=1S/C12H15N3O3/c16-11(10-2-4-13-9-14-10)15-5-1-3-12(8-15)17-6-7-18-12/h2,4,9H,1,3,5-8H2. The lowest BCUT2D eigenvalue weighted by atomic mass is 10.0. The maximum absolute atomic E-state index is 12.3. The topological polar surface area (TPSA) is 64.6 Å². The minimum absolute atomic E-state index is 0.0874. The molecule has 2 aliphatic heterocycles. The quantitative estimate of drug-likeness (QED) is 0.723. The van der Waals surface area contributed by atoms with E-state index in [4.69, 9.17) is 9.47 Å². The van der Waals surface area contributed by atoms with Crippen LogP contribution in [0.3, 0.4) is 0 Å². The van der Waals surface area contributed by atoms with Crippen LogP contribution in [0, 0.1) is 0 Å². The van der Waals surface area contributed by atoms with Crippen molar-refractivity contribution in [1.29, 1.82) is 0 Å². The fourth-order valence-electron chi connectivity index (χ4n) is 2.47. The van der Waals surface area contributed by atoms with E-state index in [0.29, 0.717) is 25.5 Å². The largest absolute Gasteiger partial charge is 0.346 e. The highest BCUT2D eigenvalue weighted by Crippen LogP contribution is 2.30. The number of piperidine rings is 1. The lowest BCUT2D eigenvalue weighted by Crippen LogP contribution is -2.51. The van der Waals surface area contributed by atoms with E-state index in [1.165, 1.54) is 6.33 Å². The summed E-state index contributed by atoms with van der Waals surface area (Å²) in [6.45, 7) is 2.41. The Hall–Kier alpha value is -1.53. The van der Waals surface area contributed by atoms with Crippen LogP contribution in [0.2, 0.25) is 0 Å². The van der Waals surface area contributed by atoms with Crippen molar-refractivity contribution in [3.8, 4) is 0 Å². The van der Waals surface area contributed by atoms with E-state index in [1.54, 1.807) is 17.2 Å². The van der Waals surface area contributed by atoms with E-state index < -0.39 is 5.79 Å². The monoisotopic (exact) mass is 249 g/mol. The van der Waals surface area contributed by atoms with Crippen LogP contribution in [0.5, 0.6) is 0 Å². The van der Waals surface area contributed by atoms with Gasteiger partial charge < -0.3 is 14.4 Å². The Bertz CT molecular complexity index is 431. The van der Waals surface area contributed by atoms with Gasteiger partial charge in [-0.15, -0.1) is 0 Å². The molecule has 3 heterocycles. The second-order valence-corrected chi connectivity index (χ2v) is 4.53. The summed E-state index contributed by atoms with van der Waals surface area (Å²) in [5.74, 6) is -0.670. The van der Waals surface area contributed by atoms with Gasteiger partial charge in [0.05, 0.1) is 19.8 Å². The third kappa shape index (κ3) is 2.09. The van der Waals surface area contributed by atoms with E-state index in [-0.39, 0.29) is 5.91 Å². The Labute approximate surface area is 105 Å². The minimum atomic E-state index is -0.582. The van der Waals surface area contributed by atoms with Crippen LogP contribution < -0.4 is 0 Å². The number of hydrogen-bond donors (Lipinski definition) is 0. The molecule has 0 saturated carbocycles. The van der Waals surface area contributed by atoms with Crippen LogP contribution in [0.15, 0.2) is 18.6 Å². The first kappa shape index (κ1) is 11.6. The molecule has 2 fully saturated rings. The number of ether oxygens (including phenoxy) is 2. The van der Waals surface area contributed by atoms with Gasteiger partial charge in [0.25, 0.3) is 5.91 Å². The summed E-state index contributed by atoms with van der Waals surface area (Å²) < 4.78 is 11.3. The number of likely N-dealkylation sites (tertiary alicyclic amines) is 1. The summed E-state index contributed by atoms with van der Waals surface area (Å²) in [6.07, 6.45) is 4.69. The highest BCUT2D eigenvalue weighted by Gasteiger charge is 2.42. The normalized spacial score (nSPS) is 22.3. The Morgan fingerprint density at radius 3 is 2.94 bits per heavy atom. The molecular formula is C12H15N3O3. The molecule has 96 valence electrons. The van der Waals surface area contributed by atoms with Gasteiger partial charge in [0, 0.05) is 19.2 Å². The van der Waals surface area contributed by atoms with Gasteiger partial charge in [-0.1, -0.05) is 0 Å². The van der Waals surface area contributed by atoms with Gasteiger partial charge in [-0.05, 0) is 12.5 Å². The Balaban J connectivity index is 1.74. The Kier molecular flexibility index (Phi) is 2.97. The van der Waals surface area contributed by atoms with Crippen molar-refractivity contribution in [2.24, 2.45) is 0 Å². The zero-order valence-corrected chi connectivity index (χ0v) is 10.0. The van der Waals surface area contributed by atoms with Crippen molar-refractivity contribution in [2.45, 2.75) is 18.6 Å². The van der Waals surface area contributed by atoms with E-state index in [0.717, 1.165) is 19.4 Å². The first-order chi connectivity index (χ1) is 8.79. The van der Waals surface area contributed by atoms with E-state index in [9.17, 15) is 4.79 Å². The summed E-state index contributed by atoms with van der Waals surface area (Å²) in [6, 6.07) is 1.62. The molecule has 0 N–H and O–H groups in total. The Morgan fingerprint density at radius 1 is 1.39 bits per heavy atom. The minimum Gasteiger partial charge on any atom is -0.346 e. The second kappa shape index (κ2) is 4.62. The van der Waals surface area contributed by atoms with Crippen LogP contribution in [-0.4, -0.2) is 52.9 Å². The van der Waals surface area contributed by atoms with Crippen molar-refractivity contribution >= 4 is 5.91 Å². The molecule has 6 heteroatoms. The zero-order valence-electron chi connectivity index (χ0n) is 10.0. The number of rotatable bonds is 1. The summed E-state index contributed by atoms with van der Waals surface area (Å²) in [7, 11) is 0. The molecule has 6 nitrogen and oxygen atoms in total. The number of aromatic nitrogens is 2. The molecule has 3 rings (SSSR count). The van der Waals surface area contributed by atoms with Gasteiger partial charge in [-0.25, -0.2) is 9.97 Å². The highest BCUT2D eigenvalue weighted by atomic mass is 16.7. The Morgan fingerprint density at radius 2 is 2.22 bits per heavy atom. The van der Waals surface area contributed by atoms with E-state index in [2.05, 4.69) is 9.97 Å². The van der Waals surface area contributed by atoms with Crippen LogP contribution in [0.4, 0.5) is 0 Å². The molecule has 1 aromatic rings. The molecule has 2 saturated heterocycles. The molecular weight excluding hydrogens is 234 g/mol. The summed E-state index contributed by atoms with van der Waals surface area (Å²) in [4.78, 5) is 21.8. The lowest BCUT2D eigenvalue weighted by molar-refractivity contribution is -0.183. The van der Waals surface area contributed by atoms with Crippen molar-refractivity contribution in [3.63, 3.8) is 0 Å². The maximum atomic E-state index is 12.3. The lowest BCUT2D eigenvalue weighted by Gasteiger charge is -2.38. The van der Waals surface area contributed by atoms with Gasteiger partial charge in [0.1, 0.15) is 12.0 Å². The predicted octanol–water partition coefficient (Wildman–Crippen LogP) is 0.456. The summed E-state index contributed by atoms with van der Waals surface area (Å²) in [5, 5.41) is 0. The zero-order chi connectivity index (χ0) is 12.4. The summed E-state index contributed by atoms with van der Waals surface area (Å²) in [5.41, 5.74) is 0.417. The van der Waals surface area contributed by atoms with Crippen molar-refractivity contribution in [1.82, 2.24) is 14.9 Å². The van der Waals surface area contributed by atoms with Gasteiger partial charge in [0.15, 0.2) is 5.79 Å². The van der Waals surface area contributed by atoms with Crippen molar-refractivity contribution < 1.29 is 14.3 Å². The number of amides is 1. The van der Waals surface area contributed by atoms with E-state index in [1.807, 2.05) is 0 Å². The van der Waals surface area contributed by atoms with Gasteiger partial charge in [0.2, 0.25) is 0 Å². The smallest absolute Gasteiger partial charge is 0.272 e. The van der Waals surface area contributed by atoms with E-state index >= 15 is 0 Å². The third-order valence-electron chi connectivity index (χ3n) is 3.32. The second-order valence-electron chi connectivity index (χ2n) is 4.53. The molecule has 18 heavy (non-hydrogen) atoms. The molecule has 0 atom stereocenters. The molecule has 1 aromatic heterocycles. The van der Waals surface area contributed by atoms with Gasteiger partial charge >= 0.3 is 0 Å². The third-order valence-corrected chi connectivity index (χ3v) is 3.32. The molecule has 0 aromatic carbocycles. The number of hydrogen-bond acceptors (Lipinski definition) is 5. The molecule has 0 bridgehead atoms. The average Bonchev–Trinajstić information content (AvgIpc) is 2.87. The molecule has 1 spiro atoms. The first-order valence-electron chi connectivity index (χ1n) is 6.12. The number of carbonyl (C=O) groups excluding carboxylic acids is 1. The number of nitrogens with zero attached hydrogens (tertiary/aromatic N) is 3. The first-order valence-corrected chi connectivity index (χ1v) is 6.12. The molecule has 0 radical (unpaired) electrons. The molecule has 0 unspecified atom stereocenters. The molecule has 1 amide bonds. The highest BCUT2D eigenvalue weighted by molar-refractivity contribution is 5.92. The summed E-state index contributed by atoms with van der Waals surface area (Å²) >= 11 is 0. The fraction of sp³-hybridized carbons (Fsp3) is 0.583. The number of carbonyl (C=O) groups is 1. The van der Waals surface area contributed by atoms with Crippen LogP contribution >= 0.6 is 0 Å². The van der Waals surface area contributed by atoms with Gasteiger partial charge in [-0.3, -0.25) is 4.79 Å². The van der Waals surface area contributed by atoms with Gasteiger partial charge in [-0.2, -0.15) is 0 Å². The average molecular weight is 249 g/mol. The van der Waals surface area contributed by atoms with Crippen molar-refractivity contribution in [2.75, 3.05) is 26.3 Å². The van der Waals surface area contributed by atoms with Crippen molar-refractivity contribution in [3.05, 3.63) is 24.3 Å². The van der Waals surface area contributed by atoms with Crippen LogP contribution in [-0.2, 0) is 9.47 Å². The van der Waals surface area contributed by atoms with Crippen LogP contribution in [0.1, 0.15) is 23.3 Å². The fourth-order valence-corrected chi connectivity index (χ4v) is 2.47. The molecule has 0 aliphatic carbocycles. The molecule has 2 aliphatic rings. The maximum Gasteiger partial charge on any atom is 0.272 e.